The van der Waals surface area contributed by atoms with E-state index in [1.54, 1.807) is 0 Å². The molecule has 0 saturated carbocycles. The number of fused-ring (bicyclic) bond motifs is 1. The molecule has 0 aromatic carbocycles. The summed E-state index contributed by atoms with van der Waals surface area (Å²) in [5, 5.41) is 8.46. The fraction of sp³-hybridized carbons (Fsp3) is 0.533. The van der Waals surface area contributed by atoms with Gasteiger partial charge >= 0.3 is 0 Å². The molecule has 20 heavy (non-hydrogen) atoms. The molecule has 1 fully saturated rings. The molecule has 1 atom stereocenters. The molecule has 1 unspecified atom stereocenters. The summed E-state index contributed by atoms with van der Waals surface area (Å²) in [6, 6.07) is 6.59. The van der Waals surface area contributed by atoms with Gasteiger partial charge in [-0.15, -0.1) is 10.2 Å². The molecule has 5 heteroatoms. The van der Waals surface area contributed by atoms with Crippen LogP contribution in [-0.4, -0.2) is 44.4 Å². The van der Waals surface area contributed by atoms with E-state index in [9.17, 15) is 4.79 Å². The highest BCUT2D eigenvalue weighted by molar-refractivity contribution is 5.73. The molecule has 1 aliphatic heterocycles. The second-order valence-corrected chi connectivity index (χ2v) is 5.71. The third-order valence-corrected chi connectivity index (χ3v) is 4.15. The summed E-state index contributed by atoms with van der Waals surface area (Å²) >= 11 is 0. The van der Waals surface area contributed by atoms with Gasteiger partial charge < -0.3 is 0 Å². The maximum atomic E-state index is 11.2. The smallest absolute Gasteiger partial charge is 0.166 e. The number of hydrogen-bond acceptors (Lipinski definition) is 4. The molecule has 2 aromatic heterocycles. The minimum Gasteiger partial charge on any atom is -0.298 e. The second-order valence-electron chi connectivity index (χ2n) is 5.71. The van der Waals surface area contributed by atoms with Gasteiger partial charge in [-0.25, -0.2) is 0 Å². The zero-order valence-corrected chi connectivity index (χ0v) is 12.0. The average Bonchev–Trinajstić information content (AvgIpc) is 3.06. The number of nitrogens with zero attached hydrogens (tertiary/aromatic N) is 4. The molecule has 0 aliphatic carbocycles. The lowest BCUT2D eigenvalue weighted by molar-refractivity contribution is 0.111. The van der Waals surface area contributed by atoms with E-state index in [4.69, 9.17) is 0 Å². The zero-order valence-electron chi connectivity index (χ0n) is 12.0. The highest BCUT2D eigenvalue weighted by Crippen LogP contribution is 2.23. The Morgan fingerprint density at radius 3 is 3.00 bits per heavy atom. The normalized spacial score (nSPS) is 20.1. The van der Waals surface area contributed by atoms with E-state index in [0.29, 0.717) is 17.8 Å². The molecule has 5 nitrogen and oxygen atoms in total. The van der Waals surface area contributed by atoms with Gasteiger partial charge in [-0.3, -0.25) is 14.1 Å². The van der Waals surface area contributed by atoms with E-state index < -0.39 is 0 Å². The fourth-order valence-corrected chi connectivity index (χ4v) is 3.22. The Balaban J connectivity index is 1.93. The van der Waals surface area contributed by atoms with Crippen molar-refractivity contribution in [2.75, 3.05) is 6.54 Å². The number of rotatable bonds is 4. The number of carbonyl (C=O) groups excluding carboxylic acids is 1. The lowest BCUT2D eigenvalue weighted by atomic mass is 10.1. The van der Waals surface area contributed by atoms with E-state index in [2.05, 4.69) is 28.9 Å². The van der Waals surface area contributed by atoms with Crippen LogP contribution in [0, 0.1) is 0 Å². The summed E-state index contributed by atoms with van der Waals surface area (Å²) in [5.74, 6) is 0.889. The van der Waals surface area contributed by atoms with E-state index in [0.717, 1.165) is 30.7 Å². The van der Waals surface area contributed by atoms with Gasteiger partial charge in [0.05, 0.1) is 5.69 Å². The number of hydrogen-bond donors (Lipinski definition) is 0. The molecule has 1 saturated heterocycles. The monoisotopic (exact) mass is 272 g/mol. The van der Waals surface area contributed by atoms with Crippen LogP contribution in [-0.2, 0) is 6.42 Å². The Labute approximate surface area is 118 Å². The summed E-state index contributed by atoms with van der Waals surface area (Å²) in [6.45, 7) is 5.62. The summed E-state index contributed by atoms with van der Waals surface area (Å²) in [5.41, 5.74) is 1.37. The molecule has 3 heterocycles. The molecule has 106 valence electrons. The van der Waals surface area contributed by atoms with Gasteiger partial charge in [-0.05, 0) is 45.4 Å². The molecule has 0 N–H and O–H groups in total. The van der Waals surface area contributed by atoms with Gasteiger partial charge in [0.25, 0.3) is 0 Å². The summed E-state index contributed by atoms with van der Waals surface area (Å²) in [6.07, 6.45) is 4.15. The Bertz CT molecular complexity index is 619. The van der Waals surface area contributed by atoms with Crippen molar-refractivity contribution in [3.8, 4) is 0 Å². The number of pyridine rings is 1. The first-order valence-electron chi connectivity index (χ1n) is 7.24. The summed E-state index contributed by atoms with van der Waals surface area (Å²) in [4.78, 5) is 13.7. The third kappa shape index (κ3) is 2.22. The Hall–Kier alpha value is -1.75. The first-order valence-corrected chi connectivity index (χ1v) is 7.24. The molecule has 0 radical (unpaired) electrons. The van der Waals surface area contributed by atoms with Crippen molar-refractivity contribution in [2.24, 2.45) is 0 Å². The molecular formula is C15H20N4O. The van der Waals surface area contributed by atoms with Crippen LogP contribution in [0.1, 0.15) is 43.0 Å². The van der Waals surface area contributed by atoms with Gasteiger partial charge in [0.2, 0.25) is 0 Å². The number of aldehydes is 1. The van der Waals surface area contributed by atoms with Gasteiger partial charge in [0.15, 0.2) is 11.9 Å². The van der Waals surface area contributed by atoms with Crippen molar-refractivity contribution >= 4 is 11.9 Å². The number of aromatic nitrogens is 3. The predicted molar refractivity (Wildman–Crippen MR) is 76.9 cm³/mol. The van der Waals surface area contributed by atoms with Crippen LogP contribution in [0.2, 0.25) is 0 Å². The maximum absolute atomic E-state index is 11.2. The minimum atomic E-state index is 0.502. The fourth-order valence-electron chi connectivity index (χ4n) is 3.22. The first kappa shape index (κ1) is 13.2. The van der Waals surface area contributed by atoms with Gasteiger partial charge in [-0.2, -0.15) is 0 Å². The van der Waals surface area contributed by atoms with Crippen molar-refractivity contribution < 1.29 is 4.79 Å². The van der Waals surface area contributed by atoms with E-state index in [1.807, 2.05) is 22.6 Å². The molecular weight excluding hydrogens is 252 g/mol. The van der Waals surface area contributed by atoms with Crippen LogP contribution in [0.3, 0.4) is 0 Å². The Kier molecular flexibility index (Phi) is 3.53. The second kappa shape index (κ2) is 5.32. The standard InChI is InChI=1S/C15H20N4O/c1-11(2)18-8-4-6-12(18)9-15-17-16-14-7-3-5-13(10-20)19(14)15/h3,5,7,10-12H,4,6,8-9H2,1-2H3. The number of carbonyl (C=O) groups is 1. The van der Waals surface area contributed by atoms with Crippen LogP contribution in [0.4, 0.5) is 0 Å². The van der Waals surface area contributed by atoms with E-state index in [-0.39, 0.29) is 0 Å². The van der Waals surface area contributed by atoms with Crippen molar-refractivity contribution in [3.63, 3.8) is 0 Å². The SMILES string of the molecule is CC(C)N1CCCC1Cc1nnc2cccc(C=O)n12. The van der Waals surface area contributed by atoms with Crippen molar-refractivity contribution in [3.05, 3.63) is 29.7 Å². The van der Waals surface area contributed by atoms with Gasteiger partial charge in [0.1, 0.15) is 5.82 Å². The molecule has 0 bridgehead atoms. The van der Waals surface area contributed by atoms with Crippen molar-refractivity contribution in [2.45, 2.75) is 45.2 Å². The highest BCUT2D eigenvalue weighted by atomic mass is 16.1. The molecule has 1 aliphatic rings. The molecule has 3 rings (SSSR count). The predicted octanol–water partition coefficient (Wildman–Crippen LogP) is 1.96. The topological polar surface area (TPSA) is 50.5 Å². The Morgan fingerprint density at radius 2 is 2.25 bits per heavy atom. The lowest BCUT2D eigenvalue weighted by Gasteiger charge is -2.27. The van der Waals surface area contributed by atoms with Gasteiger partial charge in [0, 0.05) is 18.5 Å². The van der Waals surface area contributed by atoms with Crippen LogP contribution >= 0.6 is 0 Å². The highest BCUT2D eigenvalue weighted by Gasteiger charge is 2.28. The van der Waals surface area contributed by atoms with Crippen LogP contribution in [0.25, 0.3) is 5.65 Å². The van der Waals surface area contributed by atoms with E-state index in [1.165, 1.54) is 12.8 Å². The van der Waals surface area contributed by atoms with E-state index >= 15 is 0 Å². The quantitative estimate of drug-likeness (QED) is 0.798. The van der Waals surface area contributed by atoms with Gasteiger partial charge in [-0.1, -0.05) is 6.07 Å². The van der Waals surface area contributed by atoms with Crippen molar-refractivity contribution in [1.82, 2.24) is 19.5 Å². The summed E-state index contributed by atoms with van der Waals surface area (Å²) in [7, 11) is 0. The minimum absolute atomic E-state index is 0.502. The largest absolute Gasteiger partial charge is 0.298 e. The van der Waals surface area contributed by atoms with Crippen LogP contribution in [0.15, 0.2) is 18.2 Å². The first-order chi connectivity index (χ1) is 9.70. The summed E-state index contributed by atoms with van der Waals surface area (Å²) < 4.78 is 1.88. The average molecular weight is 272 g/mol. The molecule has 2 aromatic rings. The van der Waals surface area contributed by atoms with Crippen molar-refractivity contribution in [1.29, 1.82) is 0 Å². The Morgan fingerprint density at radius 1 is 1.40 bits per heavy atom. The number of likely N-dealkylation sites (tertiary alicyclic amines) is 1. The van der Waals surface area contributed by atoms with Crippen LogP contribution < -0.4 is 0 Å². The molecule has 0 amide bonds. The third-order valence-electron chi connectivity index (χ3n) is 4.15. The molecule has 0 spiro atoms. The lowest BCUT2D eigenvalue weighted by Crippen LogP contribution is -2.37. The zero-order chi connectivity index (χ0) is 14.1. The van der Waals surface area contributed by atoms with Crippen LogP contribution in [0.5, 0.6) is 0 Å². The maximum Gasteiger partial charge on any atom is 0.166 e.